The van der Waals surface area contributed by atoms with Crippen molar-refractivity contribution >= 4 is 29.6 Å². The van der Waals surface area contributed by atoms with Gasteiger partial charge in [0.1, 0.15) is 5.52 Å². The molecule has 2 aromatic rings. The van der Waals surface area contributed by atoms with Gasteiger partial charge in [0, 0.05) is 30.3 Å². The summed E-state index contributed by atoms with van der Waals surface area (Å²) in [7, 11) is 0.911. The lowest BCUT2D eigenvalue weighted by molar-refractivity contribution is 0.00578. The van der Waals surface area contributed by atoms with Crippen LogP contribution < -0.4 is 11.0 Å². The Kier molecular flexibility index (Phi) is 3.25. The summed E-state index contributed by atoms with van der Waals surface area (Å²) in [6.07, 6.45) is 1.80. The first kappa shape index (κ1) is 15.8. The number of hydrogen-bond acceptors (Lipinski definition) is 4. The van der Waals surface area contributed by atoms with Gasteiger partial charge in [-0.15, -0.1) is 0 Å². The average molecular weight is 318 g/mol. The summed E-state index contributed by atoms with van der Waals surface area (Å²) in [5.41, 5.74) is -0.678. The number of aromatic nitrogens is 2. The van der Waals surface area contributed by atoms with Crippen LogP contribution in [0.3, 0.4) is 0 Å². The topological polar surface area (TPSA) is 82.7 Å². The maximum atomic E-state index is 12.3. The second-order valence-electron chi connectivity index (χ2n) is 6.82. The molecule has 0 bridgehead atoms. The zero-order valence-corrected chi connectivity index (χ0v) is 13.8. The highest BCUT2D eigenvalue weighted by Gasteiger charge is 2.52. The third kappa shape index (κ3) is 2.21. The largest absolute Gasteiger partial charge is 0.497 e. The van der Waals surface area contributed by atoms with Crippen LogP contribution in [0.25, 0.3) is 10.9 Å². The molecule has 0 spiro atoms. The number of aryl methyl sites for hydroxylation is 1. The van der Waals surface area contributed by atoms with E-state index in [9.17, 15) is 14.7 Å². The highest BCUT2D eigenvalue weighted by atomic mass is 16.7. The maximum Gasteiger partial charge on any atom is 0.497 e. The van der Waals surface area contributed by atoms with E-state index in [1.807, 2.05) is 27.7 Å². The van der Waals surface area contributed by atoms with E-state index in [2.05, 4.69) is 0 Å². The Bertz CT molecular complexity index is 849. The summed E-state index contributed by atoms with van der Waals surface area (Å²) in [5, 5.41) is 9.78. The van der Waals surface area contributed by atoms with Gasteiger partial charge in [-0.05, 0) is 33.8 Å². The quantitative estimate of drug-likeness (QED) is 0.798. The van der Waals surface area contributed by atoms with Crippen LogP contribution in [0.4, 0.5) is 4.79 Å². The minimum absolute atomic E-state index is 0.104. The van der Waals surface area contributed by atoms with Gasteiger partial charge >= 0.3 is 13.2 Å². The van der Waals surface area contributed by atoms with Gasteiger partial charge in [0.25, 0.3) is 5.56 Å². The van der Waals surface area contributed by atoms with Gasteiger partial charge in [0.15, 0.2) is 0 Å². The zero-order valence-electron chi connectivity index (χ0n) is 13.8. The van der Waals surface area contributed by atoms with Gasteiger partial charge in [0.2, 0.25) is 0 Å². The van der Waals surface area contributed by atoms with Crippen molar-refractivity contribution in [3.05, 3.63) is 28.8 Å². The number of rotatable bonds is 1. The van der Waals surface area contributed by atoms with Crippen LogP contribution in [-0.4, -0.2) is 38.7 Å². The molecule has 1 fully saturated rings. The summed E-state index contributed by atoms with van der Waals surface area (Å²) >= 11 is 0. The lowest BCUT2D eigenvalue weighted by atomic mass is 9.78. The molecular formula is C15H19BN2O5. The first-order valence-electron chi connectivity index (χ1n) is 7.35. The fraction of sp³-hybridized carbons (Fsp3) is 0.467. The SMILES string of the molecule is Cn1cc(B2OC(C)(C)C(C)(C)O2)c2ccn(C(=O)O)c2c1=O. The number of carboxylic acid groups (broad SMARTS) is 1. The number of nitrogens with zero attached hydrogens (tertiary/aromatic N) is 2. The monoisotopic (exact) mass is 318 g/mol. The molecule has 8 heteroatoms. The molecule has 0 aromatic carbocycles. The zero-order chi connectivity index (χ0) is 17.2. The Morgan fingerprint density at radius 3 is 2.30 bits per heavy atom. The van der Waals surface area contributed by atoms with Crippen molar-refractivity contribution in [2.45, 2.75) is 38.9 Å². The van der Waals surface area contributed by atoms with Crippen LogP contribution in [0.15, 0.2) is 23.3 Å². The molecule has 0 saturated carbocycles. The molecule has 0 amide bonds. The Balaban J connectivity index is 2.23. The molecule has 2 aromatic heterocycles. The Morgan fingerprint density at radius 1 is 1.22 bits per heavy atom. The van der Waals surface area contributed by atoms with E-state index in [1.54, 1.807) is 19.3 Å². The Labute approximate surface area is 133 Å². The van der Waals surface area contributed by atoms with E-state index in [0.29, 0.717) is 10.8 Å². The standard InChI is InChI=1S/C15H19BN2O5/c1-14(2)15(3,4)23-16(22-14)10-8-17(5)12(19)11-9(10)6-7-18(11)13(20)21/h6-8H,1-5H3,(H,20,21). The summed E-state index contributed by atoms with van der Waals surface area (Å²) in [6.45, 7) is 7.76. The predicted octanol–water partition coefficient (Wildman–Crippen LogP) is 1.17. The van der Waals surface area contributed by atoms with Gasteiger partial charge in [-0.3, -0.25) is 4.79 Å². The third-order valence-corrected chi connectivity index (χ3v) is 4.77. The fourth-order valence-corrected chi connectivity index (χ4v) is 2.70. The van der Waals surface area contributed by atoms with Gasteiger partial charge < -0.3 is 19.0 Å². The second kappa shape index (κ2) is 4.72. The molecule has 1 aliphatic rings. The van der Waals surface area contributed by atoms with Gasteiger partial charge in [0.05, 0.1) is 11.2 Å². The molecule has 0 aliphatic carbocycles. The minimum Gasteiger partial charge on any atom is -0.464 e. The van der Waals surface area contributed by atoms with Crippen LogP contribution >= 0.6 is 0 Å². The lowest BCUT2D eigenvalue weighted by Crippen LogP contribution is -2.41. The van der Waals surface area contributed by atoms with Crippen LogP contribution in [0.5, 0.6) is 0 Å². The molecule has 3 rings (SSSR count). The molecule has 1 N–H and O–H groups in total. The highest BCUT2D eigenvalue weighted by Crippen LogP contribution is 2.36. The smallest absolute Gasteiger partial charge is 0.464 e. The number of hydrogen-bond donors (Lipinski definition) is 1. The molecule has 1 saturated heterocycles. The molecule has 23 heavy (non-hydrogen) atoms. The van der Waals surface area contributed by atoms with E-state index in [4.69, 9.17) is 9.31 Å². The van der Waals surface area contributed by atoms with Crippen molar-refractivity contribution in [2.75, 3.05) is 0 Å². The highest BCUT2D eigenvalue weighted by molar-refractivity contribution is 6.65. The molecule has 0 radical (unpaired) electrons. The Hall–Kier alpha value is -2.06. The van der Waals surface area contributed by atoms with Gasteiger partial charge in [-0.1, -0.05) is 0 Å². The first-order valence-corrected chi connectivity index (χ1v) is 7.35. The van der Waals surface area contributed by atoms with Crippen LogP contribution in [0.1, 0.15) is 27.7 Å². The van der Waals surface area contributed by atoms with Crippen molar-refractivity contribution in [3.63, 3.8) is 0 Å². The van der Waals surface area contributed by atoms with Crippen LogP contribution in [-0.2, 0) is 16.4 Å². The predicted molar refractivity (Wildman–Crippen MR) is 86.3 cm³/mol. The Morgan fingerprint density at radius 2 is 1.78 bits per heavy atom. The molecule has 7 nitrogen and oxygen atoms in total. The molecular weight excluding hydrogens is 299 g/mol. The molecule has 3 heterocycles. The third-order valence-electron chi connectivity index (χ3n) is 4.77. The van der Waals surface area contributed by atoms with Crippen LogP contribution in [0, 0.1) is 0 Å². The van der Waals surface area contributed by atoms with Gasteiger partial charge in [-0.2, -0.15) is 0 Å². The minimum atomic E-state index is -1.21. The lowest BCUT2D eigenvalue weighted by Gasteiger charge is -2.32. The fourth-order valence-electron chi connectivity index (χ4n) is 2.70. The summed E-state index contributed by atoms with van der Waals surface area (Å²) in [5.74, 6) is 0. The van der Waals surface area contributed by atoms with E-state index in [-0.39, 0.29) is 11.1 Å². The average Bonchev–Trinajstić information content (AvgIpc) is 2.94. The number of fused-ring (bicyclic) bond motifs is 1. The summed E-state index contributed by atoms with van der Waals surface area (Å²) in [4.78, 5) is 23.7. The molecule has 0 atom stereocenters. The molecule has 0 unspecified atom stereocenters. The van der Waals surface area contributed by atoms with Crippen molar-refractivity contribution in [2.24, 2.45) is 7.05 Å². The van der Waals surface area contributed by atoms with Crippen LogP contribution in [0.2, 0.25) is 0 Å². The van der Waals surface area contributed by atoms with Crippen molar-refractivity contribution in [1.29, 1.82) is 0 Å². The maximum absolute atomic E-state index is 12.3. The summed E-state index contributed by atoms with van der Waals surface area (Å²) in [6, 6.07) is 1.60. The van der Waals surface area contributed by atoms with E-state index < -0.39 is 24.4 Å². The van der Waals surface area contributed by atoms with Crippen molar-refractivity contribution < 1.29 is 19.2 Å². The molecule has 122 valence electrons. The normalized spacial score (nSPS) is 19.4. The van der Waals surface area contributed by atoms with E-state index >= 15 is 0 Å². The first-order chi connectivity index (χ1) is 10.5. The molecule has 1 aliphatic heterocycles. The number of carbonyl (C=O) groups is 1. The summed E-state index contributed by atoms with van der Waals surface area (Å²) < 4.78 is 14.3. The van der Waals surface area contributed by atoms with E-state index in [1.165, 1.54) is 10.8 Å². The van der Waals surface area contributed by atoms with Crippen molar-refractivity contribution in [1.82, 2.24) is 9.13 Å². The number of pyridine rings is 1. The van der Waals surface area contributed by atoms with Crippen molar-refractivity contribution in [3.8, 4) is 0 Å². The van der Waals surface area contributed by atoms with E-state index in [0.717, 1.165) is 4.57 Å². The second-order valence-corrected chi connectivity index (χ2v) is 6.82. The van der Waals surface area contributed by atoms with Gasteiger partial charge in [-0.25, -0.2) is 9.36 Å².